The minimum Gasteiger partial charge on any atom is -0.507 e. The maximum Gasteiger partial charge on any atom is 0.307 e. The van der Waals surface area contributed by atoms with Crippen LogP contribution in [0.5, 0.6) is 5.75 Å². The van der Waals surface area contributed by atoms with Crippen LogP contribution in [0.25, 0.3) is 10.4 Å². The molecule has 0 bridgehead atoms. The van der Waals surface area contributed by atoms with Gasteiger partial charge in [-0.2, -0.15) is 0 Å². The molecule has 0 unspecified atom stereocenters. The molecule has 0 saturated carbocycles. The van der Waals surface area contributed by atoms with Crippen molar-refractivity contribution in [2.45, 2.75) is 6.42 Å². The van der Waals surface area contributed by atoms with Crippen LogP contribution in [-0.4, -0.2) is 16.2 Å². The second-order valence-electron chi connectivity index (χ2n) is 2.58. The number of benzene rings is 1. The van der Waals surface area contributed by atoms with Crippen LogP contribution in [0.2, 0.25) is 0 Å². The Kier molecular flexibility index (Phi) is 2.93. The van der Waals surface area contributed by atoms with E-state index in [9.17, 15) is 9.90 Å². The molecule has 6 heteroatoms. The van der Waals surface area contributed by atoms with Crippen LogP contribution in [0.4, 0.5) is 5.69 Å². The SMILES string of the molecule is [N-]=[N+]=Nc1cc(CC(=O)O)ccc1O. The third kappa shape index (κ3) is 2.40. The number of carboxylic acids is 1. The molecule has 0 aliphatic heterocycles. The molecule has 72 valence electrons. The molecule has 0 radical (unpaired) electrons. The Morgan fingerprint density at radius 1 is 1.57 bits per heavy atom. The summed E-state index contributed by atoms with van der Waals surface area (Å²) < 4.78 is 0. The first kappa shape index (κ1) is 9.88. The number of phenols is 1. The van der Waals surface area contributed by atoms with E-state index in [2.05, 4.69) is 10.0 Å². The fraction of sp³-hybridized carbons (Fsp3) is 0.125. The lowest BCUT2D eigenvalue weighted by Crippen LogP contribution is -1.99. The molecule has 1 aromatic carbocycles. The van der Waals surface area contributed by atoms with Crippen LogP contribution in [0.1, 0.15) is 5.56 Å². The highest BCUT2D eigenvalue weighted by molar-refractivity contribution is 5.71. The van der Waals surface area contributed by atoms with Gasteiger partial charge in [0, 0.05) is 4.91 Å². The molecule has 0 spiro atoms. The summed E-state index contributed by atoms with van der Waals surface area (Å²) in [6, 6.07) is 4.09. The summed E-state index contributed by atoms with van der Waals surface area (Å²) in [7, 11) is 0. The second-order valence-corrected chi connectivity index (χ2v) is 2.58. The van der Waals surface area contributed by atoms with E-state index < -0.39 is 5.97 Å². The van der Waals surface area contributed by atoms with E-state index in [1.807, 2.05) is 0 Å². The zero-order chi connectivity index (χ0) is 10.6. The summed E-state index contributed by atoms with van der Waals surface area (Å²) in [6.07, 6.45) is -0.172. The molecule has 0 aromatic heterocycles. The largest absolute Gasteiger partial charge is 0.507 e. The Morgan fingerprint density at radius 2 is 2.29 bits per heavy atom. The summed E-state index contributed by atoms with van der Waals surface area (Å²) in [6.45, 7) is 0. The summed E-state index contributed by atoms with van der Waals surface area (Å²) in [4.78, 5) is 12.9. The molecule has 0 aliphatic rings. The molecule has 0 aliphatic carbocycles. The van der Waals surface area contributed by atoms with Gasteiger partial charge in [-0.05, 0) is 23.2 Å². The molecule has 1 rings (SSSR count). The number of hydrogen-bond acceptors (Lipinski definition) is 3. The molecule has 0 saturated heterocycles. The van der Waals surface area contributed by atoms with Gasteiger partial charge < -0.3 is 10.2 Å². The molecule has 1 aromatic rings. The lowest BCUT2D eigenvalue weighted by atomic mass is 10.1. The number of azide groups is 1. The van der Waals surface area contributed by atoms with Crippen molar-refractivity contribution in [2.75, 3.05) is 0 Å². The van der Waals surface area contributed by atoms with Gasteiger partial charge >= 0.3 is 5.97 Å². The monoisotopic (exact) mass is 193 g/mol. The molecule has 6 nitrogen and oxygen atoms in total. The van der Waals surface area contributed by atoms with E-state index in [0.717, 1.165) is 0 Å². The lowest BCUT2D eigenvalue weighted by Gasteiger charge is -2.00. The third-order valence-corrected chi connectivity index (χ3v) is 1.55. The molecule has 0 atom stereocenters. The summed E-state index contributed by atoms with van der Waals surface area (Å²) >= 11 is 0. The van der Waals surface area contributed by atoms with Crippen molar-refractivity contribution >= 4 is 11.7 Å². The summed E-state index contributed by atoms with van der Waals surface area (Å²) in [5.41, 5.74) is 8.65. The molecule has 0 amide bonds. The third-order valence-electron chi connectivity index (χ3n) is 1.55. The normalized spacial score (nSPS) is 9.14. The van der Waals surface area contributed by atoms with E-state index in [0.29, 0.717) is 5.56 Å². The fourth-order valence-electron chi connectivity index (χ4n) is 0.982. The Bertz CT molecular complexity index is 410. The highest BCUT2D eigenvalue weighted by Crippen LogP contribution is 2.27. The topological polar surface area (TPSA) is 106 Å². The zero-order valence-corrected chi connectivity index (χ0v) is 7.08. The van der Waals surface area contributed by atoms with Crippen molar-refractivity contribution in [3.05, 3.63) is 34.2 Å². The number of hydrogen-bond donors (Lipinski definition) is 2. The van der Waals surface area contributed by atoms with Gasteiger partial charge in [0.15, 0.2) is 0 Å². The van der Waals surface area contributed by atoms with Gasteiger partial charge in [-0.15, -0.1) is 0 Å². The van der Waals surface area contributed by atoms with Gasteiger partial charge in [0.05, 0.1) is 12.1 Å². The Labute approximate surface area is 79.0 Å². The Hall–Kier alpha value is -2.20. The number of aromatic hydroxyl groups is 1. The number of carboxylic acid groups (broad SMARTS) is 1. The van der Waals surface area contributed by atoms with Crippen LogP contribution in [-0.2, 0) is 11.2 Å². The van der Waals surface area contributed by atoms with Crippen LogP contribution >= 0.6 is 0 Å². The highest BCUT2D eigenvalue weighted by Gasteiger charge is 2.04. The number of aliphatic carboxylic acids is 1. The van der Waals surface area contributed by atoms with Crippen molar-refractivity contribution in [1.82, 2.24) is 0 Å². The van der Waals surface area contributed by atoms with Gasteiger partial charge in [0.25, 0.3) is 0 Å². The molecule has 0 fully saturated rings. The van der Waals surface area contributed by atoms with Gasteiger partial charge in [0.1, 0.15) is 5.75 Å². The van der Waals surface area contributed by atoms with Crippen molar-refractivity contribution in [1.29, 1.82) is 0 Å². The van der Waals surface area contributed by atoms with E-state index in [4.69, 9.17) is 10.6 Å². The first-order valence-corrected chi connectivity index (χ1v) is 3.72. The van der Waals surface area contributed by atoms with Crippen molar-refractivity contribution < 1.29 is 15.0 Å². The van der Waals surface area contributed by atoms with E-state index in [1.165, 1.54) is 18.2 Å². The average Bonchev–Trinajstić information content (AvgIpc) is 2.10. The fourth-order valence-corrected chi connectivity index (χ4v) is 0.982. The first-order valence-electron chi connectivity index (χ1n) is 3.72. The van der Waals surface area contributed by atoms with Gasteiger partial charge in [-0.1, -0.05) is 11.2 Å². The second kappa shape index (κ2) is 4.15. The van der Waals surface area contributed by atoms with E-state index >= 15 is 0 Å². The molecular weight excluding hydrogens is 186 g/mol. The molecule has 2 N–H and O–H groups in total. The lowest BCUT2D eigenvalue weighted by molar-refractivity contribution is -0.136. The smallest absolute Gasteiger partial charge is 0.307 e. The highest BCUT2D eigenvalue weighted by atomic mass is 16.4. The summed E-state index contributed by atoms with van der Waals surface area (Å²) in [5, 5.41) is 20.9. The van der Waals surface area contributed by atoms with Crippen LogP contribution in [0, 0.1) is 0 Å². The maximum atomic E-state index is 10.4. The standard InChI is InChI=1S/C8H7N3O3/c9-11-10-6-3-5(4-8(13)14)1-2-7(6)12/h1-3,12H,4H2,(H,13,14). The number of nitrogens with zero attached hydrogens (tertiary/aromatic N) is 3. The van der Waals surface area contributed by atoms with E-state index in [-0.39, 0.29) is 17.9 Å². The quantitative estimate of drug-likeness (QED) is 0.435. The number of phenolic OH excluding ortho intramolecular Hbond substituents is 1. The first-order chi connectivity index (χ1) is 6.63. The average molecular weight is 193 g/mol. The van der Waals surface area contributed by atoms with Gasteiger partial charge in [-0.25, -0.2) is 0 Å². The van der Waals surface area contributed by atoms with Crippen LogP contribution in [0.15, 0.2) is 23.3 Å². The Morgan fingerprint density at radius 3 is 2.86 bits per heavy atom. The number of rotatable bonds is 3. The number of carbonyl (C=O) groups is 1. The predicted molar refractivity (Wildman–Crippen MR) is 48.3 cm³/mol. The predicted octanol–water partition coefficient (Wildman–Crippen LogP) is 1.96. The van der Waals surface area contributed by atoms with Crippen LogP contribution < -0.4 is 0 Å². The zero-order valence-electron chi connectivity index (χ0n) is 7.08. The Balaban J connectivity index is 3.05. The van der Waals surface area contributed by atoms with E-state index in [1.54, 1.807) is 0 Å². The summed E-state index contributed by atoms with van der Waals surface area (Å²) in [5.74, 6) is -1.15. The molecular formula is C8H7N3O3. The van der Waals surface area contributed by atoms with Gasteiger partial charge in [-0.3, -0.25) is 4.79 Å². The van der Waals surface area contributed by atoms with Crippen molar-refractivity contribution in [3.8, 4) is 5.75 Å². The van der Waals surface area contributed by atoms with Gasteiger partial charge in [0.2, 0.25) is 0 Å². The molecule has 0 heterocycles. The van der Waals surface area contributed by atoms with Crippen LogP contribution in [0.3, 0.4) is 0 Å². The minimum atomic E-state index is -0.984. The van der Waals surface area contributed by atoms with Crippen molar-refractivity contribution in [2.24, 2.45) is 5.11 Å². The van der Waals surface area contributed by atoms with Crippen molar-refractivity contribution in [3.63, 3.8) is 0 Å². The molecule has 14 heavy (non-hydrogen) atoms. The maximum absolute atomic E-state index is 10.4. The minimum absolute atomic E-state index is 0.0336.